The molecule has 164 valence electrons. The predicted molar refractivity (Wildman–Crippen MR) is 130 cm³/mol. The first-order valence-corrected chi connectivity index (χ1v) is 11.7. The van der Waals surface area contributed by atoms with Crippen molar-refractivity contribution in [3.63, 3.8) is 0 Å². The fraction of sp³-hybridized carbons (Fsp3) is 0.269. The Hall–Kier alpha value is -3.25. The SMILES string of the molecule is CCC(C)c1ccc(C(NC(=O)Cc2nn(C)c(=O)c3ccccc23)c2cccs2)cc1. The first kappa shape index (κ1) is 22.0. The molecule has 2 aromatic heterocycles. The van der Waals surface area contributed by atoms with Gasteiger partial charge in [-0.05, 0) is 41.0 Å². The lowest BCUT2D eigenvalue weighted by Gasteiger charge is -2.19. The summed E-state index contributed by atoms with van der Waals surface area (Å²) in [7, 11) is 1.61. The Morgan fingerprint density at radius 3 is 2.38 bits per heavy atom. The molecular weight excluding hydrogens is 418 g/mol. The standard InChI is InChI=1S/C26H27N3O2S/c1-4-17(2)18-11-13-19(14-12-18)25(23-10-7-15-32-23)27-24(30)16-22-20-8-5-6-9-21(20)26(31)29(3)28-22/h5-15,17,25H,4,16H2,1-3H3,(H,27,30). The van der Waals surface area contributed by atoms with Gasteiger partial charge in [0.15, 0.2) is 0 Å². The molecule has 2 heterocycles. The Balaban J connectivity index is 1.62. The average Bonchev–Trinajstić information content (AvgIpc) is 3.35. The smallest absolute Gasteiger partial charge is 0.274 e. The number of carbonyl (C=O) groups is 1. The van der Waals surface area contributed by atoms with E-state index < -0.39 is 0 Å². The summed E-state index contributed by atoms with van der Waals surface area (Å²) in [5, 5.41) is 10.9. The van der Waals surface area contributed by atoms with Crippen molar-refractivity contribution in [1.29, 1.82) is 0 Å². The van der Waals surface area contributed by atoms with E-state index in [0.29, 0.717) is 17.0 Å². The molecule has 0 aliphatic rings. The zero-order valence-electron chi connectivity index (χ0n) is 18.5. The van der Waals surface area contributed by atoms with Gasteiger partial charge < -0.3 is 5.32 Å². The molecule has 0 fully saturated rings. The highest BCUT2D eigenvalue weighted by molar-refractivity contribution is 7.10. The van der Waals surface area contributed by atoms with Crippen LogP contribution in [0.1, 0.15) is 53.9 Å². The summed E-state index contributed by atoms with van der Waals surface area (Å²) in [5.41, 5.74) is 2.78. The van der Waals surface area contributed by atoms with Crippen LogP contribution in [0.3, 0.4) is 0 Å². The Kier molecular flexibility index (Phi) is 6.51. The summed E-state index contributed by atoms with van der Waals surface area (Å²) < 4.78 is 1.30. The highest BCUT2D eigenvalue weighted by atomic mass is 32.1. The summed E-state index contributed by atoms with van der Waals surface area (Å²) in [5.74, 6) is 0.369. The van der Waals surface area contributed by atoms with E-state index in [2.05, 4.69) is 48.5 Å². The van der Waals surface area contributed by atoms with Crippen molar-refractivity contribution in [1.82, 2.24) is 15.1 Å². The number of aryl methyl sites for hydroxylation is 1. The number of benzene rings is 2. The van der Waals surface area contributed by atoms with Crippen LogP contribution in [0, 0.1) is 0 Å². The van der Waals surface area contributed by atoms with Gasteiger partial charge in [-0.1, -0.05) is 62.4 Å². The van der Waals surface area contributed by atoms with Gasteiger partial charge in [-0.25, -0.2) is 4.68 Å². The highest BCUT2D eigenvalue weighted by Crippen LogP contribution is 2.28. The lowest BCUT2D eigenvalue weighted by molar-refractivity contribution is -0.121. The van der Waals surface area contributed by atoms with Gasteiger partial charge in [-0.15, -0.1) is 11.3 Å². The van der Waals surface area contributed by atoms with Crippen LogP contribution in [-0.4, -0.2) is 15.7 Å². The molecule has 0 radical (unpaired) electrons. The van der Waals surface area contributed by atoms with Gasteiger partial charge in [0.05, 0.1) is 23.5 Å². The fourth-order valence-electron chi connectivity index (χ4n) is 3.90. The third-order valence-electron chi connectivity index (χ3n) is 5.95. The minimum absolute atomic E-state index is 0.0987. The molecule has 0 saturated heterocycles. The zero-order chi connectivity index (χ0) is 22.7. The van der Waals surface area contributed by atoms with E-state index in [4.69, 9.17) is 0 Å². The second-order valence-electron chi connectivity index (χ2n) is 8.09. The number of hydrogen-bond acceptors (Lipinski definition) is 4. The van der Waals surface area contributed by atoms with Crippen molar-refractivity contribution in [3.05, 3.63) is 98.1 Å². The molecule has 1 amide bonds. The van der Waals surface area contributed by atoms with Crippen LogP contribution < -0.4 is 10.9 Å². The van der Waals surface area contributed by atoms with E-state index >= 15 is 0 Å². The van der Waals surface area contributed by atoms with Gasteiger partial charge in [0.1, 0.15) is 0 Å². The topological polar surface area (TPSA) is 64.0 Å². The molecule has 0 spiro atoms. The van der Waals surface area contributed by atoms with Crippen LogP contribution in [0.25, 0.3) is 10.8 Å². The van der Waals surface area contributed by atoms with E-state index in [0.717, 1.165) is 22.2 Å². The monoisotopic (exact) mass is 445 g/mol. The molecule has 6 heteroatoms. The number of aromatic nitrogens is 2. The predicted octanol–water partition coefficient (Wildman–Crippen LogP) is 4.96. The number of nitrogens with one attached hydrogen (secondary N) is 1. The third-order valence-corrected chi connectivity index (χ3v) is 6.88. The summed E-state index contributed by atoms with van der Waals surface area (Å²) in [4.78, 5) is 26.6. The number of fused-ring (bicyclic) bond motifs is 1. The average molecular weight is 446 g/mol. The minimum Gasteiger partial charge on any atom is -0.344 e. The first-order valence-electron chi connectivity index (χ1n) is 10.9. The Morgan fingerprint density at radius 1 is 1.03 bits per heavy atom. The molecule has 0 saturated carbocycles. The summed E-state index contributed by atoms with van der Waals surface area (Å²) >= 11 is 1.62. The van der Waals surface area contributed by atoms with Crippen molar-refractivity contribution < 1.29 is 4.79 Å². The maximum Gasteiger partial charge on any atom is 0.274 e. The number of amides is 1. The number of rotatable bonds is 7. The fourth-order valence-corrected chi connectivity index (χ4v) is 4.70. The Morgan fingerprint density at radius 2 is 1.72 bits per heavy atom. The lowest BCUT2D eigenvalue weighted by atomic mass is 9.95. The van der Waals surface area contributed by atoms with Gasteiger partial charge >= 0.3 is 0 Å². The molecule has 0 aliphatic carbocycles. The second kappa shape index (κ2) is 9.49. The minimum atomic E-state index is -0.229. The maximum atomic E-state index is 13.1. The van der Waals surface area contributed by atoms with Crippen LogP contribution in [0.2, 0.25) is 0 Å². The maximum absolute atomic E-state index is 13.1. The molecule has 4 aromatic rings. The van der Waals surface area contributed by atoms with Crippen LogP contribution in [0.15, 0.2) is 70.8 Å². The van der Waals surface area contributed by atoms with Crippen molar-refractivity contribution in [2.24, 2.45) is 7.05 Å². The van der Waals surface area contributed by atoms with Crippen LogP contribution in [0.4, 0.5) is 0 Å². The molecular formula is C26H27N3O2S. The summed E-state index contributed by atoms with van der Waals surface area (Å²) in [6.45, 7) is 4.41. The van der Waals surface area contributed by atoms with Gasteiger partial charge in [0.2, 0.25) is 5.91 Å². The van der Waals surface area contributed by atoms with E-state index in [1.165, 1.54) is 10.2 Å². The lowest BCUT2D eigenvalue weighted by Crippen LogP contribution is -2.31. The quantitative estimate of drug-likeness (QED) is 0.437. The van der Waals surface area contributed by atoms with Crippen LogP contribution in [-0.2, 0) is 18.3 Å². The van der Waals surface area contributed by atoms with Crippen molar-refractivity contribution in [3.8, 4) is 0 Å². The highest BCUT2D eigenvalue weighted by Gasteiger charge is 2.20. The van der Waals surface area contributed by atoms with Gasteiger partial charge in [0, 0.05) is 17.3 Å². The van der Waals surface area contributed by atoms with Gasteiger partial charge in [-0.3, -0.25) is 9.59 Å². The second-order valence-corrected chi connectivity index (χ2v) is 9.07. The number of carbonyl (C=O) groups excluding carboxylic acids is 1. The zero-order valence-corrected chi connectivity index (χ0v) is 19.4. The van der Waals surface area contributed by atoms with E-state index in [1.807, 2.05) is 35.7 Å². The molecule has 2 atom stereocenters. The third kappa shape index (κ3) is 4.50. The van der Waals surface area contributed by atoms with Crippen molar-refractivity contribution >= 4 is 28.0 Å². The van der Waals surface area contributed by atoms with E-state index in [9.17, 15) is 9.59 Å². The van der Waals surface area contributed by atoms with Crippen molar-refractivity contribution in [2.45, 2.75) is 38.6 Å². The Bertz CT molecular complexity index is 1280. The molecule has 0 bridgehead atoms. The summed E-state index contributed by atoms with van der Waals surface area (Å²) in [6.07, 6.45) is 1.19. The Labute approximate surface area is 191 Å². The molecule has 1 N–H and O–H groups in total. The molecule has 2 aromatic carbocycles. The molecule has 4 rings (SSSR count). The van der Waals surface area contributed by atoms with Crippen LogP contribution in [0.5, 0.6) is 0 Å². The summed E-state index contributed by atoms with van der Waals surface area (Å²) in [6, 6.07) is 19.6. The number of thiophene rings is 1. The van der Waals surface area contributed by atoms with Crippen molar-refractivity contribution in [2.75, 3.05) is 0 Å². The van der Waals surface area contributed by atoms with Gasteiger partial charge in [0.25, 0.3) is 5.56 Å². The molecule has 2 unspecified atom stereocenters. The molecule has 32 heavy (non-hydrogen) atoms. The van der Waals surface area contributed by atoms with Crippen LogP contribution >= 0.6 is 11.3 Å². The van der Waals surface area contributed by atoms with E-state index in [1.54, 1.807) is 24.5 Å². The molecule has 0 aliphatic heterocycles. The van der Waals surface area contributed by atoms with Gasteiger partial charge in [-0.2, -0.15) is 5.10 Å². The van der Waals surface area contributed by atoms with E-state index in [-0.39, 0.29) is 23.9 Å². The molecule has 5 nitrogen and oxygen atoms in total. The number of hydrogen-bond donors (Lipinski definition) is 1. The first-order chi connectivity index (χ1) is 15.5. The largest absolute Gasteiger partial charge is 0.344 e. The normalized spacial score (nSPS) is 13.1. The number of nitrogens with zero attached hydrogens (tertiary/aromatic N) is 2.